The fraction of sp³-hybridized carbons (Fsp3) is 0.118. The molecular formula is C17H12BFN2O. The first-order valence-electron chi connectivity index (χ1n) is 6.86. The van der Waals surface area contributed by atoms with Crippen LogP contribution in [-0.2, 0) is 0 Å². The van der Waals surface area contributed by atoms with Gasteiger partial charge in [-0.15, -0.1) is 0 Å². The molecule has 0 aliphatic carbocycles. The van der Waals surface area contributed by atoms with E-state index >= 15 is 0 Å². The summed E-state index contributed by atoms with van der Waals surface area (Å²) in [6.45, 7) is 1.74. The van der Waals surface area contributed by atoms with Gasteiger partial charge >= 0.3 is 0 Å². The fourth-order valence-electron chi connectivity index (χ4n) is 2.39. The Hall–Kier alpha value is -2.56. The maximum absolute atomic E-state index is 13.8. The minimum Gasteiger partial charge on any atom is -0.293 e. The summed E-state index contributed by atoms with van der Waals surface area (Å²) in [4.78, 5) is 20.2. The van der Waals surface area contributed by atoms with Crippen LogP contribution in [0.3, 0.4) is 0 Å². The molecule has 3 aromatic rings. The molecule has 1 aromatic carbocycles. The van der Waals surface area contributed by atoms with Gasteiger partial charge in [0.05, 0.1) is 11.1 Å². The summed E-state index contributed by atoms with van der Waals surface area (Å²) in [5.41, 5.74) is 1.83. The standard InChI is InChI=1S/C17H12BFN2O/c1-10(16(22)14-8-13(18)9-21-17(14)19)11-4-5-15-12(7-11)3-2-6-20-15/h2-10H,1H3. The Morgan fingerprint density at radius 3 is 2.86 bits per heavy atom. The van der Waals surface area contributed by atoms with Crippen molar-refractivity contribution in [3.63, 3.8) is 0 Å². The van der Waals surface area contributed by atoms with Crippen molar-refractivity contribution in [2.75, 3.05) is 0 Å². The lowest BCUT2D eigenvalue weighted by Gasteiger charge is -2.12. The van der Waals surface area contributed by atoms with Gasteiger partial charge in [0.1, 0.15) is 7.85 Å². The smallest absolute Gasteiger partial charge is 0.223 e. The lowest BCUT2D eigenvalue weighted by molar-refractivity contribution is 0.0961. The number of pyridine rings is 2. The molecule has 2 radical (unpaired) electrons. The van der Waals surface area contributed by atoms with E-state index in [4.69, 9.17) is 7.85 Å². The second-order valence-corrected chi connectivity index (χ2v) is 5.15. The van der Waals surface area contributed by atoms with Gasteiger partial charge < -0.3 is 0 Å². The third-order valence-electron chi connectivity index (χ3n) is 3.65. The van der Waals surface area contributed by atoms with Crippen molar-refractivity contribution < 1.29 is 9.18 Å². The van der Waals surface area contributed by atoms with E-state index in [0.717, 1.165) is 16.5 Å². The number of carbonyl (C=O) groups excluding carboxylic acids is 1. The number of fused-ring (bicyclic) bond motifs is 1. The number of halogens is 1. The number of benzene rings is 1. The molecular weight excluding hydrogens is 278 g/mol. The van der Waals surface area contributed by atoms with Crippen LogP contribution in [-0.4, -0.2) is 23.6 Å². The van der Waals surface area contributed by atoms with Crippen LogP contribution in [0.1, 0.15) is 28.8 Å². The van der Waals surface area contributed by atoms with Gasteiger partial charge in [-0.25, -0.2) is 4.98 Å². The summed E-state index contributed by atoms with van der Waals surface area (Å²) >= 11 is 0. The van der Waals surface area contributed by atoms with E-state index in [-0.39, 0.29) is 16.8 Å². The minimum absolute atomic E-state index is 0.0845. The van der Waals surface area contributed by atoms with E-state index in [1.165, 1.54) is 12.3 Å². The molecule has 0 N–H and O–H groups in total. The molecule has 0 aliphatic rings. The highest BCUT2D eigenvalue weighted by molar-refractivity contribution is 6.32. The van der Waals surface area contributed by atoms with Crippen molar-refractivity contribution in [2.45, 2.75) is 12.8 Å². The van der Waals surface area contributed by atoms with Gasteiger partial charge in [0.2, 0.25) is 5.95 Å². The Balaban J connectivity index is 1.99. The summed E-state index contributed by atoms with van der Waals surface area (Å²) in [5, 5.41) is 0.936. The maximum atomic E-state index is 13.8. The van der Waals surface area contributed by atoms with Gasteiger partial charge in [0.25, 0.3) is 0 Å². The number of Topliss-reactive ketones (excluding diaryl/α,β-unsaturated/α-hetero) is 1. The molecule has 0 bridgehead atoms. The van der Waals surface area contributed by atoms with E-state index in [2.05, 4.69) is 9.97 Å². The van der Waals surface area contributed by atoms with Crippen molar-refractivity contribution in [1.29, 1.82) is 0 Å². The first kappa shape index (κ1) is 14.4. The van der Waals surface area contributed by atoms with Crippen molar-refractivity contribution in [3.05, 3.63) is 65.9 Å². The van der Waals surface area contributed by atoms with Crippen LogP contribution in [0.25, 0.3) is 10.9 Å². The average molecular weight is 290 g/mol. The number of ketones is 1. The van der Waals surface area contributed by atoms with Gasteiger partial charge in [-0.2, -0.15) is 4.39 Å². The largest absolute Gasteiger partial charge is 0.293 e. The summed E-state index contributed by atoms with van der Waals surface area (Å²) in [6.07, 6.45) is 2.91. The number of aromatic nitrogens is 2. The van der Waals surface area contributed by atoms with E-state index in [0.29, 0.717) is 0 Å². The van der Waals surface area contributed by atoms with Crippen molar-refractivity contribution in [1.82, 2.24) is 9.97 Å². The molecule has 22 heavy (non-hydrogen) atoms. The van der Waals surface area contributed by atoms with Gasteiger partial charge in [-0.3, -0.25) is 9.78 Å². The maximum Gasteiger partial charge on any atom is 0.223 e. The third-order valence-corrected chi connectivity index (χ3v) is 3.65. The molecule has 0 aliphatic heterocycles. The molecule has 3 rings (SSSR count). The lowest BCUT2D eigenvalue weighted by atomic mass is 9.89. The third kappa shape index (κ3) is 2.62. The second-order valence-electron chi connectivity index (χ2n) is 5.15. The summed E-state index contributed by atoms with van der Waals surface area (Å²) in [6, 6.07) is 10.6. The van der Waals surface area contributed by atoms with Crippen LogP contribution < -0.4 is 5.46 Å². The number of carbonyl (C=O) groups is 1. The number of hydrogen-bond acceptors (Lipinski definition) is 3. The Morgan fingerprint density at radius 2 is 2.05 bits per heavy atom. The summed E-state index contributed by atoms with van der Waals surface area (Å²) in [7, 11) is 5.59. The molecule has 0 fully saturated rings. The molecule has 0 saturated carbocycles. The molecule has 3 nitrogen and oxygen atoms in total. The molecule has 2 heterocycles. The average Bonchev–Trinajstić information content (AvgIpc) is 2.55. The Kier molecular flexibility index (Phi) is 3.71. The van der Waals surface area contributed by atoms with E-state index < -0.39 is 11.9 Å². The highest BCUT2D eigenvalue weighted by atomic mass is 19.1. The Bertz CT molecular complexity index is 866. The van der Waals surface area contributed by atoms with Crippen molar-refractivity contribution in [3.8, 4) is 0 Å². The van der Waals surface area contributed by atoms with E-state index in [9.17, 15) is 9.18 Å². The number of nitrogens with zero attached hydrogens (tertiary/aromatic N) is 2. The highest BCUT2D eigenvalue weighted by Crippen LogP contribution is 2.24. The van der Waals surface area contributed by atoms with Crippen molar-refractivity contribution in [2.24, 2.45) is 0 Å². The van der Waals surface area contributed by atoms with Gasteiger partial charge in [0.15, 0.2) is 5.78 Å². The van der Waals surface area contributed by atoms with Gasteiger partial charge in [0, 0.05) is 23.7 Å². The highest BCUT2D eigenvalue weighted by Gasteiger charge is 2.21. The summed E-state index contributed by atoms with van der Waals surface area (Å²) in [5.74, 6) is -1.64. The topological polar surface area (TPSA) is 42.9 Å². The van der Waals surface area contributed by atoms with Crippen LogP contribution >= 0.6 is 0 Å². The molecule has 2 aromatic heterocycles. The zero-order valence-electron chi connectivity index (χ0n) is 12.0. The molecule has 5 heteroatoms. The monoisotopic (exact) mass is 290 g/mol. The number of hydrogen-bond donors (Lipinski definition) is 0. The molecule has 0 saturated heterocycles. The van der Waals surface area contributed by atoms with Crippen LogP contribution in [0.2, 0.25) is 0 Å². The molecule has 0 spiro atoms. The first-order chi connectivity index (χ1) is 10.6. The van der Waals surface area contributed by atoms with Gasteiger partial charge in [-0.05, 0) is 23.8 Å². The van der Waals surface area contributed by atoms with E-state index in [1.807, 2.05) is 30.3 Å². The van der Waals surface area contributed by atoms with Crippen LogP contribution in [0.5, 0.6) is 0 Å². The first-order valence-corrected chi connectivity index (χ1v) is 6.86. The van der Waals surface area contributed by atoms with Crippen molar-refractivity contribution >= 4 is 30.0 Å². The normalized spacial score (nSPS) is 12.3. The Labute approximate surface area is 128 Å². The zero-order chi connectivity index (χ0) is 15.7. The predicted molar refractivity (Wildman–Crippen MR) is 84.1 cm³/mol. The molecule has 106 valence electrons. The number of rotatable bonds is 3. The second kappa shape index (κ2) is 5.68. The lowest BCUT2D eigenvalue weighted by Crippen LogP contribution is -2.16. The van der Waals surface area contributed by atoms with Crippen LogP contribution in [0, 0.1) is 5.95 Å². The molecule has 1 unspecified atom stereocenters. The quantitative estimate of drug-likeness (QED) is 0.423. The summed E-state index contributed by atoms with van der Waals surface area (Å²) < 4.78 is 13.8. The predicted octanol–water partition coefficient (Wildman–Crippen LogP) is 2.55. The van der Waals surface area contributed by atoms with Gasteiger partial charge in [-0.1, -0.05) is 30.6 Å². The molecule has 1 atom stereocenters. The SMILES string of the molecule is [B]c1cnc(F)c(C(=O)C(C)c2ccc3ncccc3c2)c1. The molecule has 0 amide bonds. The van der Waals surface area contributed by atoms with E-state index in [1.54, 1.807) is 13.1 Å². The van der Waals surface area contributed by atoms with Crippen LogP contribution in [0.4, 0.5) is 4.39 Å². The van der Waals surface area contributed by atoms with Crippen LogP contribution in [0.15, 0.2) is 48.8 Å². The minimum atomic E-state index is -0.798. The Morgan fingerprint density at radius 1 is 1.23 bits per heavy atom. The fourth-order valence-corrected chi connectivity index (χ4v) is 2.39. The zero-order valence-corrected chi connectivity index (χ0v) is 12.0.